The van der Waals surface area contributed by atoms with Gasteiger partial charge < -0.3 is 9.84 Å². The number of β-amino-alcohol motifs (C(OH)–C–C–N with tert-alkyl or cyclic N) is 1. The van der Waals surface area contributed by atoms with Crippen LogP contribution in [0, 0.1) is 5.82 Å². The summed E-state index contributed by atoms with van der Waals surface area (Å²) in [5, 5.41) is 10.3. The van der Waals surface area contributed by atoms with E-state index < -0.39 is 21.9 Å². The third-order valence-corrected chi connectivity index (χ3v) is 6.76. The van der Waals surface area contributed by atoms with Crippen LogP contribution in [-0.4, -0.2) is 99.3 Å². The molecule has 146 valence electrons. The molecule has 2 saturated heterocycles. The van der Waals surface area contributed by atoms with Crippen LogP contribution in [0.15, 0.2) is 29.2 Å². The van der Waals surface area contributed by atoms with Crippen LogP contribution >= 0.6 is 0 Å². The Hall–Kier alpha value is -1.10. The van der Waals surface area contributed by atoms with Crippen LogP contribution in [0.25, 0.3) is 0 Å². The Morgan fingerprint density at radius 2 is 1.58 bits per heavy atom. The van der Waals surface area contributed by atoms with Gasteiger partial charge in [0.15, 0.2) is 0 Å². The van der Waals surface area contributed by atoms with E-state index in [4.69, 9.17) is 4.74 Å². The Bertz CT molecular complexity index is 689. The summed E-state index contributed by atoms with van der Waals surface area (Å²) < 4.78 is 45.7. The molecule has 7 nitrogen and oxygen atoms in total. The first-order valence-corrected chi connectivity index (χ1v) is 10.4. The molecule has 2 aliphatic heterocycles. The molecule has 0 spiro atoms. The molecule has 2 heterocycles. The fourth-order valence-electron chi connectivity index (χ4n) is 3.38. The number of morpholine rings is 1. The summed E-state index contributed by atoms with van der Waals surface area (Å²) in [7, 11) is -3.82. The Morgan fingerprint density at radius 3 is 2.19 bits per heavy atom. The Labute approximate surface area is 154 Å². The second kappa shape index (κ2) is 8.73. The number of hydrogen-bond donors (Lipinski definition) is 1. The van der Waals surface area contributed by atoms with Crippen LogP contribution in [0.5, 0.6) is 0 Å². The summed E-state index contributed by atoms with van der Waals surface area (Å²) in [6.45, 7) is 5.77. The zero-order valence-corrected chi connectivity index (χ0v) is 15.6. The van der Waals surface area contributed by atoms with Crippen molar-refractivity contribution in [3.8, 4) is 0 Å². The van der Waals surface area contributed by atoms with E-state index in [1.54, 1.807) is 0 Å². The number of aliphatic hydroxyl groups is 1. The molecule has 0 saturated carbocycles. The highest BCUT2D eigenvalue weighted by Crippen LogP contribution is 2.20. The molecule has 1 aromatic carbocycles. The number of rotatable bonds is 6. The van der Waals surface area contributed by atoms with Gasteiger partial charge in [-0.1, -0.05) is 12.1 Å². The molecule has 1 aromatic rings. The van der Waals surface area contributed by atoms with Gasteiger partial charge in [-0.2, -0.15) is 4.31 Å². The summed E-state index contributed by atoms with van der Waals surface area (Å²) in [4.78, 5) is 3.95. The molecule has 1 atom stereocenters. The molecular formula is C17H26FN3O4S. The second-order valence-corrected chi connectivity index (χ2v) is 8.61. The fraction of sp³-hybridized carbons (Fsp3) is 0.647. The quantitative estimate of drug-likeness (QED) is 0.731. The first kappa shape index (κ1) is 19.7. The van der Waals surface area contributed by atoms with E-state index in [1.807, 2.05) is 0 Å². The molecular weight excluding hydrogens is 361 g/mol. The van der Waals surface area contributed by atoms with E-state index >= 15 is 0 Å². The number of halogens is 1. The molecule has 9 heteroatoms. The average Bonchev–Trinajstić information content (AvgIpc) is 2.63. The molecule has 0 unspecified atom stereocenters. The van der Waals surface area contributed by atoms with Gasteiger partial charge in [0.1, 0.15) is 10.7 Å². The van der Waals surface area contributed by atoms with Crippen molar-refractivity contribution in [3.05, 3.63) is 30.1 Å². The number of sulfonamides is 1. The number of ether oxygens (including phenoxy) is 1. The van der Waals surface area contributed by atoms with Crippen LogP contribution in [-0.2, 0) is 14.8 Å². The molecule has 0 radical (unpaired) electrons. The van der Waals surface area contributed by atoms with Crippen LogP contribution in [0.1, 0.15) is 0 Å². The normalized spacial score (nSPS) is 22.4. The highest BCUT2D eigenvalue weighted by Gasteiger charge is 2.31. The van der Waals surface area contributed by atoms with Gasteiger partial charge in [0.2, 0.25) is 10.0 Å². The zero-order valence-electron chi connectivity index (χ0n) is 14.8. The molecule has 2 fully saturated rings. The second-order valence-electron chi connectivity index (χ2n) is 6.70. The first-order valence-electron chi connectivity index (χ1n) is 8.92. The van der Waals surface area contributed by atoms with Gasteiger partial charge in [0.05, 0.1) is 19.3 Å². The largest absolute Gasteiger partial charge is 0.390 e. The number of benzene rings is 1. The van der Waals surface area contributed by atoms with Gasteiger partial charge in [0, 0.05) is 52.4 Å². The maximum absolute atomic E-state index is 13.8. The summed E-state index contributed by atoms with van der Waals surface area (Å²) in [5.41, 5.74) is 0. The van der Waals surface area contributed by atoms with E-state index in [1.165, 1.54) is 22.5 Å². The minimum Gasteiger partial charge on any atom is -0.390 e. The van der Waals surface area contributed by atoms with Crippen molar-refractivity contribution < 1.29 is 22.7 Å². The Morgan fingerprint density at radius 1 is 1.00 bits per heavy atom. The van der Waals surface area contributed by atoms with Gasteiger partial charge >= 0.3 is 0 Å². The number of nitrogens with zero attached hydrogens (tertiary/aromatic N) is 3. The van der Waals surface area contributed by atoms with E-state index in [9.17, 15) is 17.9 Å². The van der Waals surface area contributed by atoms with E-state index in [0.717, 1.165) is 19.2 Å². The molecule has 0 bridgehead atoms. The van der Waals surface area contributed by atoms with Crippen LogP contribution < -0.4 is 0 Å². The van der Waals surface area contributed by atoms with Gasteiger partial charge in [-0.25, -0.2) is 12.8 Å². The van der Waals surface area contributed by atoms with Crippen molar-refractivity contribution in [2.75, 3.05) is 65.6 Å². The predicted molar refractivity (Wildman–Crippen MR) is 94.9 cm³/mol. The standard InChI is InChI=1S/C17H26FN3O4S/c18-16-3-1-2-4-17(16)26(23,24)21-7-5-19(6-8-21)13-15(22)14-20-9-11-25-12-10-20/h1-4,15,22H,5-14H2/t15-/m1/s1. The van der Waals surface area contributed by atoms with Crippen molar-refractivity contribution in [3.63, 3.8) is 0 Å². The van der Waals surface area contributed by atoms with Crippen LogP contribution in [0.4, 0.5) is 4.39 Å². The zero-order chi connectivity index (χ0) is 18.6. The van der Waals surface area contributed by atoms with Crippen molar-refractivity contribution in [1.82, 2.24) is 14.1 Å². The third kappa shape index (κ3) is 4.79. The summed E-state index contributed by atoms with van der Waals surface area (Å²) in [5.74, 6) is -0.726. The first-order chi connectivity index (χ1) is 12.5. The average molecular weight is 387 g/mol. The van der Waals surface area contributed by atoms with Gasteiger partial charge in [-0.3, -0.25) is 9.80 Å². The summed E-state index contributed by atoms with van der Waals surface area (Å²) in [6.07, 6.45) is -0.483. The van der Waals surface area contributed by atoms with Crippen LogP contribution in [0.3, 0.4) is 0 Å². The minimum absolute atomic E-state index is 0.277. The molecule has 0 amide bonds. The number of aliphatic hydroxyl groups excluding tert-OH is 1. The van der Waals surface area contributed by atoms with Crippen molar-refractivity contribution in [2.24, 2.45) is 0 Å². The Balaban J connectivity index is 1.50. The lowest BCUT2D eigenvalue weighted by Gasteiger charge is -2.36. The summed E-state index contributed by atoms with van der Waals surface area (Å²) in [6, 6.07) is 5.45. The highest BCUT2D eigenvalue weighted by atomic mass is 32.2. The molecule has 1 N–H and O–H groups in total. The van der Waals surface area contributed by atoms with E-state index in [0.29, 0.717) is 52.5 Å². The lowest BCUT2D eigenvalue weighted by Crippen LogP contribution is -2.52. The number of hydrogen-bond acceptors (Lipinski definition) is 6. The van der Waals surface area contributed by atoms with Gasteiger partial charge in [-0.15, -0.1) is 0 Å². The van der Waals surface area contributed by atoms with E-state index in [2.05, 4.69) is 9.80 Å². The van der Waals surface area contributed by atoms with Gasteiger partial charge in [0.25, 0.3) is 0 Å². The lowest BCUT2D eigenvalue weighted by atomic mass is 10.2. The maximum Gasteiger partial charge on any atom is 0.246 e. The SMILES string of the molecule is O=S(=O)(c1ccccc1F)N1CCN(C[C@@H](O)CN2CCOCC2)CC1. The molecule has 3 rings (SSSR count). The van der Waals surface area contributed by atoms with Crippen molar-refractivity contribution in [2.45, 2.75) is 11.0 Å². The molecule has 2 aliphatic rings. The monoisotopic (exact) mass is 387 g/mol. The van der Waals surface area contributed by atoms with Gasteiger partial charge in [-0.05, 0) is 12.1 Å². The van der Waals surface area contributed by atoms with Crippen molar-refractivity contribution in [1.29, 1.82) is 0 Å². The molecule has 0 aliphatic carbocycles. The topological polar surface area (TPSA) is 73.3 Å². The summed E-state index contributed by atoms with van der Waals surface area (Å²) >= 11 is 0. The Kier molecular flexibility index (Phi) is 6.60. The minimum atomic E-state index is -3.82. The predicted octanol–water partition coefficient (Wildman–Crippen LogP) is -0.175. The van der Waals surface area contributed by atoms with Crippen LogP contribution in [0.2, 0.25) is 0 Å². The van der Waals surface area contributed by atoms with Crippen molar-refractivity contribution >= 4 is 10.0 Å². The smallest absolute Gasteiger partial charge is 0.246 e. The molecule has 0 aromatic heterocycles. The molecule has 26 heavy (non-hydrogen) atoms. The lowest BCUT2D eigenvalue weighted by molar-refractivity contribution is 0.00469. The maximum atomic E-state index is 13.8. The third-order valence-electron chi connectivity index (χ3n) is 4.83. The highest BCUT2D eigenvalue weighted by molar-refractivity contribution is 7.89. The van der Waals surface area contributed by atoms with E-state index in [-0.39, 0.29) is 4.90 Å². The fourth-order valence-corrected chi connectivity index (χ4v) is 4.87. The number of piperazine rings is 1.